The zero-order valence-electron chi connectivity index (χ0n) is 10.3. The topological polar surface area (TPSA) is 47.6 Å². The number of halogens is 2. The molecule has 1 aromatic carbocycles. The van der Waals surface area contributed by atoms with Crippen LogP contribution in [0.2, 0.25) is 10.0 Å². The lowest BCUT2D eigenvalue weighted by Gasteiger charge is -2.19. The minimum absolute atomic E-state index is 0.170. The van der Waals surface area contributed by atoms with Gasteiger partial charge in [0.1, 0.15) is 19.5 Å². The molecule has 0 spiro atoms. The van der Waals surface area contributed by atoms with Crippen LogP contribution in [0.15, 0.2) is 30.2 Å². The second kappa shape index (κ2) is 6.17. The van der Waals surface area contributed by atoms with Gasteiger partial charge in [-0.1, -0.05) is 29.3 Å². The molecule has 1 amide bonds. The van der Waals surface area contributed by atoms with E-state index in [9.17, 15) is 4.79 Å². The molecular formula is C13H13Cl2NO3. The summed E-state index contributed by atoms with van der Waals surface area (Å²) in [6.45, 7) is 2.65. The van der Waals surface area contributed by atoms with Gasteiger partial charge in [0.2, 0.25) is 5.76 Å². The molecular weight excluding hydrogens is 289 g/mol. The average molecular weight is 302 g/mol. The fraction of sp³-hybridized carbons (Fsp3) is 0.308. The summed E-state index contributed by atoms with van der Waals surface area (Å²) in [6, 6.07) is 4.89. The molecule has 19 heavy (non-hydrogen) atoms. The molecule has 4 nitrogen and oxygen atoms in total. The number of benzene rings is 1. The number of carbonyl (C=O) groups is 1. The lowest BCUT2D eigenvalue weighted by atomic mass is 10.1. The standard InChI is InChI=1S/C13H13Cl2NO3/c1-8(10-3-2-9(14)6-11(10)15)16-13(17)12-7-18-4-5-19-12/h2-3,6-8H,4-5H2,1H3,(H,16,17). The fourth-order valence-corrected chi connectivity index (χ4v) is 2.26. The van der Waals surface area contributed by atoms with E-state index in [4.69, 9.17) is 32.7 Å². The van der Waals surface area contributed by atoms with Gasteiger partial charge >= 0.3 is 0 Å². The van der Waals surface area contributed by atoms with Gasteiger partial charge in [0.15, 0.2) is 0 Å². The van der Waals surface area contributed by atoms with Crippen molar-refractivity contribution in [3.63, 3.8) is 0 Å². The van der Waals surface area contributed by atoms with Crippen LogP contribution in [-0.2, 0) is 14.3 Å². The van der Waals surface area contributed by atoms with Crippen molar-refractivity contribution < 1.29 is 14.3 Å². The van der Waals surface area contributed by atoms with Gasteiger partial charge in [0.25, 0.3) is 5.91 Å². The number of rotatable bonds is 3. The zero-order valence-corrected chi connectivity index (χ0v) is 11.8. The molecule has 0 aromatic heterocycles. The van der Waals surface area contributed by atoms with Crippen LogP contribution in [0.25, 0.3) is 0 Å². The van der Waals surface area contributed by atoms with Gasteiger partial charge in [-0.25, -0.2) is 0 Å². The van der Waals surface area contributed by atoms with Gasteiger partial charge in [-0.05, 0) is 24.6 Å². The molecule has 102 valence electrons. The molecule has 6 heteroatoms. The molecule has 1 aliphatic heterocycles. The highest BCUT2D eigenvalue weighted by Gasteiger charge is 2.19. The van der Waals surface area contributed by atoms with Gasteiger partial charge in [0, 0.05) is 10.0 Å². The van der Waals surface area contributed by atoms with E-state index in [1.807, 2.05) is 6.92 Å². The van der Waals surface area contributed by atoms with Crippen LogP contribution in [0.5, 0.6) is 0 Å². The van der Waals surface area contributed by atoms with E-state index in [0.29, 0.717) is 23.3 Å². The van der Waals surface area contributed by atoms with Crippen LogP contribution in [0.3, 0.4) is 0 Å². The SMILES string of the molecule is CC(NC(=O)C1=COCCO1)c1ccc(Cl)cc1Cl. The summed E-state index contributed by atoms with van der Waals surface area (Å²) in [5.74, 6) is -0.165. The molecule has 0 saturated heterocycles. The predicted octanol–water partition coefficient (Wildman–Crippen LogP) is 3.06. The van der Waals surface area contributed by atoms with Crippen molar-refractivity contribution in [1.82, 2.24) is 5.32 Å². The Hall–Kier alpha value is -1.39. The third-order valence-corrected chi connectivity index (χ3v) is 3.21. The normalized spacial score (nSPS) is 15.8. The van der Waals surface area contributed by atoms with Gasteiger partial charge in [0.05, 0.1) is 6.04 Å². The smallest absolute Gasteiger partial charge is 0.290 e. The van der Waals surface area contributed by atoms with Crippen LogP contribution < -0.4 is 5.32 Å². The van der Waals surface area contributed by atoms with Crippen LogP contribution in [0.1, 0.15) is 18.5 Å². The molecule has 1 aromatic rings. The Morgan fingerprint density at radius 3 is 2.79 bits per heavy atom. The number of hydrogen-bond acceptors (Lipinski definition) is 3. The minimum Gasteiger partial charge on any atom is -0.494 e. The number of ether oxygens (including phenoxy) is 2. The Bertz CT molecular complexity index is 517. The minimum atomic E-state index is -0.335. The van der Waals surface area contributed by atoms with E-state index < -0.39 is 0 Å². The summed E-state index contributed by atoms with van der Waals surface area (Å²) in [4.78, 5) is 11.9. The largest absolute Gasteiger partial charge is 0.494 e. The molecule has 0 fully saturated rings. The fourth-order valence-electron chi connectivity index (χ4n) is 1.69. The second-order valence-electron chi connectivity index (χ2n) is 4.06. The first-order valence-electron chi connectivity index (χ1n) is 5.78. The summed E-state index contributed by atoms with van der Waals surface area (Å²) in [6.07, 6.45) is 1.31. The van der Waals surface area contributed by atoms with Crippen LogP contribution in [0.4, 0.5) is 0 Å². The number of carbonyl (C=O) groups excluding carboxylic acids is 1. The molecule has 1 atom stereocenters. The first-order chi connectivity index (χ1) is 9.08. The first-order valence-corrected chi connectivity index (χ1v) is 6.54. The molecule has 0 radical (unpaired) electrons. The number of nitrogens with one attached hydrogen (secondary N) is 1. The predicted molar refractivity (Wildman–Crippen MR) is 73.0 cm³/mol. The highest BCUT2D eigenvalue weighted by atomic mass is 35.5. The highest BCUT2D eigenvalue weighted by Crippen LogP contribution is 2.26. The molecule has 0 bridgehead atoms. The number of hydrogen-bond donors (Lipinski definition) is 1. The molecule has 2 rings (SSSR count). The second-order valence-corrected chi connectivity index (χ2v) is 4.91. The van der Waals surface area contributed by atoms with Crippen molar-refractivity contribution in [3.8, 4) is 0 Å². The summed E-state index contributed by atoms with van der Waals surface area (Å²) >= 11 is 11.9. The number of amides is 1. The first kappa shape index (κ1) is 14.0. The molecule has 1 heterocycles. The van der Waals surface area contributed by atoms with Gasteiger partial charge in [-0.15, -0.1) is 0 Å². The van der Waals surface area contributed by atoms with E-state index in [2.05, 4.69) is 5.32 Å². The summed E-state index contributed by atoms with van der Waals surface area (Å²) in [5, 5.41) is 3.85. The molecule has 1 N–H and O–H groups in total. The van der Waals surface area contributed by atoms with E-state index in [1.165, 1.54) is 6.26 Å². The Labute approximate surface area is 121 Å². The highest BCUT2D eigenvalue weighted by molar-refractivity contribution is 6.35. The Balaban J connectivity index is 2.06. The third-order valence-electron chi connectivity index (χ3n) is 2.65. The quantitative estimate of drug-likeness (QED) is 0.933. The maximum absolute atomic E-state index is 11.9. The van der Waals surface area contributed by atoms with Crippen molar-refractivity contribution in [2.75, 3.05) is 13.2 Å². The third kappa shape index (κ3) is 3.55. The summed E-state index contributed by atoms with van der Waals surface area (Å²) in [7, 11) is 0. The summed E-state index contributed by atoms with van der Waals surface area (Å²) < 4.78 is 10.2. The molecule has 1 unspecified atom stereocenters. The molecule has 0 saturated carbocycles. The maximum Gasteiger partial charge on any atom is 0.290 e. The lowest BCUT2D eigenvalue weighted by molar-refractivity contribution is -0.122. The van der Waals surface area contributed by atoms with Crippen molar-refractivity contribution in [3.05, 3.63) is 45.8 Å². The van der Waals surface area contributed by atoms with E-state index >= 15 is 0 Å². The van der Waals surface area contributed by atoms with Crippen LogP contribution >= 0.6 is 23.2 Å². The Morgan fingerprint density at radius 1 is 1.37 bits per heavy atom. The van der Waals surface area contributed by atoms with E-state index in [1.54, 1.807) is 18.2 Å². The lowest BCUT2D eigenvalue weighted by Crippen LogP contribution is -2.30. The monoisotopic (exact) mass is 301 g/mol. The van der Waals surface area contributed by atoms with Gasteiger partial charge < -0.3 is 14.8 Å². The van der Waals surface area contributed by atoms with Gasteiger partial charge in [-0.3, -0.25) is 4.79 Å². The summed E-state index contributed by atoms with van der Waals surface area (Å²) in [5.41, 5.74) is 0.789. The van der Waals surface area contributed by atoms with Crippen molar-refractivity contribution in [2.45, 2.75) is 13.0 Å². The Morgan fingerprint density at radius 2 is 2.16 bits per heavy atom. The van der Waals surface area contributed by atoms with Crippen LogP contribution in [0, 0.1) is 0 Å². The molecule has 1 aliphatic rings. The molecule has 0 aliphatic carbocycles. The maximum atomic E-state index is 11.9. The van der Waals surface area contributed by atoms with Crippen molar-refractivity contribution in [2.24, 2.45) is 0 Å². The van der Waals surface area contributed by atoms with Crippen molar-refractivity contribution >= 4 is 29.1 Å². The van der Waals surface area contributed by atoms with Crippen LogP contribution in [-0.4, -0.2) is 19.1 Å². The van der Waals surface area contributed by atoms with E-state index in [-0.39, 0.29) is 17.7 Å². The van der Waals surface area contributed by atoms with Crippen molar-refractivity contribution in [1.29, 1.82) is 0 Å². The van der Waals surface area contributed by atoms with E-state index in [0.717, 1.165) is 5.56 Å². The zero-order chi connectivity index (χ0) is 13.8. The Kier molecular flexibility index (Phi) is 4.56. The average Bonchev–Trinajstić information content (AvgIpc) is 2.39. The van der Waals surface area contributed by atoms with Gasteiger partial charge in [-0.2, -0.15) is 0 Å².